The van der Waals surface area contributed by atoms with E-state index in [1.165, 1.54) is 10.9 Å². The zero-order valence-corrected chi connectivity index (χ0v) is 12.5. The highest BCUT2D eigenvalue weighted by Crippen LogP contribution is 2.30. The Kier molecular flexibility index (Phi) is 3.81. The van der Waals surface area contributed by atoms with Gasteiger partial charge in [-0.05, 0) is 44.7 Å². The number of nitrogens with one attached hydrogen (secondary N) is 1. The van der Waals surface area contributed by atoms with E-state index in [0.717, 1.165) is 31.0 Å². The molecule has 1 aromatic heterocycles. The average Bonchev–Trinajstić information content (AvgIpc) is 3.07. The highest BCUT2D eigenvalue weighted by atomic mass is 16.5. The van der Waals surface area contributed by atoms with E-state index in [4.69, 9.17) is 9.15 Å². The molecule has 2 heterocycles. The van der Waals surface area contributed by atoms with Gasteiger partial charge in [-0.1, -0.05) is 18.2 Å². The molecule has 1 saturated heterocycles. The smallest absolute Gasteiger partial charge is 0.134 e. The number of rotatable bonds is 4. The van der Waals surface area contributed by atoms with Gasteiger partial charge in [0.25, 0.3) is 0 Å². The van der Waals surface area contributed by atoms with Crippen LogP contribution in [0.15, 0.2) is 28.7 Å². The standard InChI is InChI=1S/C17H23NO2/c1-11-15-6-4-5-7-16(15)20-17(11)13(3)18-12(2)14-8-9-19-10-14/h4-7,12-14,18H,8-10H2,1-3H3. The SMILES string of the molecule is Cc1c(C(C)NC(C)C2CCOC2)oc2ccccc12. The van der Waals surface area contributed by atoms with Gasteiger partial charge >= 0.3 is 0 Å². The van der Waals surface area contributed by atoms with Crippen LogP contribution in [-0.2, 0) is 4.74 Å². The van der Waals surface area contributed by atoms with Crippen molar-refractivity contribution < 1.29 is 9.15 Å². The molecule has 1 aliphatic rings. The molecule has 1 N–H and O–H groups in total. The van der Waals surface area contributed by atoms with Crippen LogP contribution in [-0.4, -0.2) is 19.3 Å². The van der Waals surface area contributed by atoms with Crippen LogP contribution in [0.3, 0.4) is 0 Å². The average molecular weight is 273 g/mol. The first kappa shape index (κ1) is 13.7. The van der Waals surface area contributed by atoms with Crippen LogP contribution >= 0.6 is 0 Å². The predicted molar refractivity (Wildman–Crippen MR) is 80.9 cm³/mol. The Morgan fingerprint density at radius 3 is 2.75 bits per heavy atom. The Morgan fingerprint density at radius 2 is 2.05 bits per heavy atom. The predicted octanol–water partition coefficient (Wildman–Crippen LogP) is 3.82. The lowest BCUT2D eigenvalue weighted by Crippen LogP contribution is -2.35. The fourth-order valence-electron chi connectivity index (χ4n) is 3.16. The molecule has 1 fully saturated rings. The first-order chi connectivity index (χ1) is 9.66. The van der Waals surface area contributed by atoms with E-state index in [9.17, 15) is 0 Å². The number of para-hydroxylation sites is 1. The van der Waals surface area contributed by atoms with Gasteiger partial charge in [-0.25, -0.2) is 0 Å². The van der Waals surface area contributed by atoms with Gasteiger partial charge in [-0.2, -0.15) is 0 Å². The topological polar surface area (TPSA) is 34.4 Å². The second-order valence-electron chi connectivity index (χ2n) is 5.89. The summed E-state index contributed by atoms with van der Waals surface area (Å²) >= 11 is 0. The highest BCUT2D eigenvalue weighted by molar-refractivity contribution is 5.82. The molecule has 3 atom stereocenters. The molecule has 0 saturated carbocycles. The summed E-state index contributed by atoms with van der Waals surface area (Å²) < 4.78 is 11.5. The monoisotopic (exact) mass is 273 g/mol. The van der Waals surface area contributed by atoms with Gasteiger partial charge in [0.15, 0.2) is 0 Å². The second kappa shape index (κ2) is 5.58. The summed E-state index contributed by atoms with van der Waals surface area (Å²) in [6, 6.07) is 8.90. The Morgan fingerprint density at radius 1 is 1.25 bits per heavy atom. The molecule has 3 nitrogen and oxygen atoms in total. The van der Waals surface area contributed by atoms with Crippen molar-refractivity contribution in [1.29, 1.82) is 0 Å². The lowest BCUT2D eigenvalue weighted by atomic mass is 9.99. The molecular weight excluding hydrogens is 250 g/mol. The molecule has 0 amide bonds. The molecule has 0 spiro atoms. The van der Waals surface area contributed by atoms with Crippen LogP contribution in [0.1, 0.15) is 37.6 Å². The van der Waals surface area contributed by atoms with E-state index in [1.54, 1.807) is 0 Å². The Bertz CT molecular complexity index is 584. The lowest BCUT2D eigenvalue weighted by molar-refractivity contribution is 0.176. The van der Waals surface area contributed by atoms with Gasteiger partial charge in [0.2, 0.25) is 0 Å². The maximum Gasteiger partial charge on any atom is 0.134 e. The summed E-state index contributed by atoms with van der Waals surface area (Å²) in [5, 5.41) is 4.88. The Balaban J connectivity index is 1.78. The molecule has 0 bridgehead atoms. The van der Waals surface area contributed by atoms with Crippen LogP contribution in [0.5, 0.6) is 0 Å². The molecule has 1 aromatic carbocycles. The number of furan rings is 1. The van der Waals surface area contributed by atoms with Crippen molar-refractivity contribution in [2.45, 2.75) is 39.3 Å². The highest BCUT2D eigenvalue weighted by Gasteiger charge is 2.25. The zero-order valence-electron chi connectivity index (χ0n) is 12.5. The van der Waals surface area contributed by atoms with Gasteiger partial charge in [-0.3, -0.25) is 0 Å². The van der Waals surface area contributed by atoms with Crippen molar-refractivity contribution in [3.8, 4) is 0 Å². The fourth-order valence-corrected chi connectivity index (χ4v) is 3.16. The quantitative estimate of drug-likeness (QED) is 0.919. The largest absolute Gasteiger partial charge is 0.459 e. The van der Waals surface area contributed by atoms with E-state index < -0.39 is 0 Å². The molecule has 1 aliphatic heterocycles. The van der Waals surface area contributed by atoms with Gasteiger partial charge in [0.1, 0.15) is 11.3 Å². The Labute approximate surface area is 120 Å². The van der Waals surface area contributed by atoms with Crippen LogP contribution in [0.4, 0.5) is 0 Å². The normalized spacial score (nSPS) is 22.2. The van der Waals surface area contributed by atoms with Crippen molar-refractivity contribution in [3.63, 3.8) is 0 Å². The van der Waals surface area contributed by atoms with E-state index >= 15 is 0 Å². The van der Waals surface area contributed by atoms with Crippen molar-refractivity contribution >= 4 is 11.0 Å². The van der Waals surface area contributed by atoms with Gasteiger partial charge < -0.3 is 14.5 Å². The zero-order chi connectivity index (χ0) is 14.1. The van der Waals surface area contributed by atoms with Crippen LogP contribution in [0, 0.1) is 12.8 Å². The van der Waals surface area contributed by atoms with Gasteiger partial charge in [-0.15, -0.1) is 0 Å². The van der Waals surface area contributed by atoms with Gasteiger partial charge in [0.05, 0.1) is 12.6 Å². The summed E-state index contributed by atoms with van der Waals surface area (Å²) in [6.45, 7) is 8.34. The number of fused-ring (bicyclic) bond motifs is 1. The minimum atomic E-state index is 0.220. The van der Waals surface area contributed by atoms with Crippen molar-refractivity contribution in [2.75, 3.05) is 13.2 Å². The minimum Gasteiger partial charge on any atom is -0.459 e. The molecule has 3 unspecified atom stereocenters. The third kappa shape index (κ3) is 2.48. The second-order valence-corrected chi connectivity index (χ2v) is 5.89. The van der Waals surface area contributed by atoms with Crippen molar-refractivity contribution in [1.82, 2.24) is 5.32 Å². The third-order valence-corrected chi connectivity index (χ3v) is 4.46. The van der Waals surface area contributed by atoms with Crippen molar-refractivity contribution in [2.24, 2.45) is 5.92 Å². The fraction of sp³-hybridized carbons (Fsp3) is 0.529. The number of benzene rings is 1. The molecule has 0 radical (unpaired) electrons. The van der Waals surface area contributed by atoms with Crippen molar-refractivity contribution in [3.05, 3.63) is 35.6 Å². The van der Waals surface area contributed by atoms with Crippen LogP contribution < -0.4 is 5.32 Å². The maximum absolute atomic E-state index is 6.03. The molecule has 108 valence electrons. The van der Waals surface area contributed by atoms with E-state index in [0.29, 0.717) is 12.0 Å². The summed E-state index contributed by atoms with van der Waals surface area (Å²) in [5.41, 5.74) is 2.22. The minimum absolute atomic E-state index is 0.220. The third-order valence-electron chi connectivity index (χ3n) is 4.46. The summed E-state index contributed by atoms with van der Waals surface area (Å²) in [6.07, 6.45) is 1.15. The molecule has 3 heteroatoms. The number of hydrogen-bond acceptors (Lipinski definition) is 3. The summed E-state index contributed by atoms with van der Waals surface area (Å²) in [7, 11) is 0. The molecular formula is C17H23NO2. The molecule has 2 aromatic rings. The Hall–Kier alpha value is -1.32. The van der Waals surface area contributed by atoms with E-state index in [2.05, 4.69) is 38.2 Å². The molecule has 0 aliphatic carbocycles. The molecule has 3 rings (SSSR count). The first-order valence-corrected chi connectivity index (χ1v) is 7.48. The maximum atomic E-state index is 6.03. The number of ether oxygens (including phenoxy) is 1. The van der Waals surface area contributed by atoms with Crippen LogP contribution in [0.25, 0.3) is 11.0 Å². The first-order valence-electron chi connectivity index (χ1n) is 7.48. The van der Waals surface area contributed by atoms with Gasteiger partial charge in [0, 0.05) is 18.0 Å². The van der Waals surface area contributed by atoms with E-state index in [1.807, 2.05) is 12.1 Å². The summed E-state index contributed by atoms with van der Waals surface area (Å²) in [4.78, 5) is 0. The van der Waals surface area contributed by atoms with E-state index in [-0.39, 0.29) is 6.04 Å². The number of aryl methyl sites for hydroxylation is 1. The number of hydrogen-bond donors (Lipinski definition) is 1. The summed E-state index contributed by atoms with van der Waals surface area (Å²) in [5.74, 6) is 1.67. The molecule has 20 heavy (non-hydrogen) atoms. The van der Waals surface area contributed by atoms with Crippen LogP contribution in [0.2, 0.25) is 0 Å². The lowest BCUT2D eigenvalue weighted by Gasteiger charge is -2.23.